The van der Waals surface area contributed by atoms with E-state index in [-0.39, 0.29) is 68.3 Å². The number of pyridine rings is 1. The highest BCUT2D eigenvalue weighted by Crippen LogP contribution is 2.33. The first kappa shape index (κ1) is 39.7. The summed E-state index contributed by atoms with van der Waals surface area (Å²) in [5, 5.41) is 20.5. The first-order valence-electron chi connectivity index (χ1n) is 18.4. The number of piperidine rings is 1. The third kappa shape index (κ3) is 8.56. The predicted octanol–water partition coefficient (Wildman–Crippen LogP) is 3.12. The molecule has 4 N–H and O–H groups in total. The monoisotopic (exact) mass is 810 g/mol. The van der Waals surface area contributed by atoms with E-state index in [1.54, 1.807) is 24.3 Å². The van der Waals surface area contributed by atoms with Gasteiger partial charge in [0.15, 0.2) is 0 Å². The highest BCUT2D eigenvalue weighted by molar-refractivity contribution is 6.32. The number of imide groups is 2. The van der Waals surface area contributed by atoms with E-state index < -0.39 is 41.5 Å². The van der Waals surface area contributed by atoms with Gasteiger partial charge in [0.1, 0.15) is 30.1 Å². The molecular formula is C39H36ClFN10O7. The Morgan fingerprint density at radius 1 is 1.00 bits per heavy atom. The molecule has 0 spiro atoms. The molecule has 5 heterocycles. The van der Waals surface area contributed by atoms with E-state index in [1.165, 1.54) is 24.5 Å². The molecule has 1 saturated heterocycles. The predicted molar refractivity (Wildman–Crippen MR) is 206 cm³/mol. The van der Waals surface area contributed by atoms with E-state index in [0.717, 1.165) is 21.8 Å². The summed E-state index contributed by atoms with van der Waals surface area (Å²) in [6.07, 6.45) is 2.10. The summed E-state index contributed by atoms with van der Waals surface area (Å²) in [5.41, 5.74) is 3.42. The minimum atomic E-state index is -1.05. The first-order chi connectivity index (χ1) is 28.1. The second-order valence-corrected chi connectivity index (χ2v) is 13.7. The van der Waals surface area contributed by atoms with E-state index in [4.69, 9.17) is 21.1 Å². The van der Waals surface area contributed by atoms with Crippen LogP contribution < -0.4 is 26.2 Å². The molecule has 0 saturated carbocycles. The number of ether oxygens (including phenoxy) is 2. The molecule has 0 aliphatic carbocycles. The summed E-state index contributed by atoms with van der Waals surface area (Å²) in [7, 11) is 0. The summed E-state index contributed by atoms with van der Waals surface area (Å²) in [6.45, 7) is 2.37. The second-order valence-electron chi connectivity index (χ2n) is 13.3. The normalized spacial score (nSPS) is 16.1. The molecule has 3 aliphatic heterocycles. The Morgan fingerprint density at radius 2 is 1.81 bits per heavy atom. The Labute approximate surface area is 335 Å². The number of rotatable bonds is 15. The zero-order valence-corrected chi connectivity index (χ0v) is 31.6. The number of fused-ring (bicyclic) bond motifs is 2. The van der Waals surface area contributed by atoms with Crippen LogP contribution >= 0.6 is 11.6 Å². The van der Waals surface area contributed by atoms with Gasteiger partial charge in [-0.25, -0.2) is 15.0 Å². The van der Waals surface area contributed by atoms with Crippen molar-refractivity contribution in [2.75, 3.05) is 61.6 Å². The van der Waals surface area contributed by atoms with Gasteiger partial charge >= 0.3 is 0 Å². The molecule has 1 unspecified atom stereocenters. The number of nitrogens with one attached hydrogen (secondary N) is 4. The Kier molecular flexibility index (Phi) is 12.1. The van der Waals surface area contributed by atoms with Crippen LogP contribution in [0.25, 0.3) is 0 Å². The molecule has 1 atom stereocenters. The molecule has 298 valence electrons. The zero-order chi connectivity index (χ0) is 40.8. The van der Waals surface area contributed by atoms with Gasteiger partial charge in [0, 0.05) is 43.0 Å². The molecule has 5 amide bonds. The maximum absolute atomic E-state index is 15.0. The maximum atomic E-state index is 15.0. The lowest BCUT2D eigenvalue weighted by atomic mass is 10.0. The molecule has 58 heavy (non-hydrogen) atoms. The lowest BCUT2D eigenvalue weighted by Gasteiger charge is -2.30. The third-order valence-corrected chi connectivity index (χ3v) is 10.0. The molecule has 2 aromatic carbocycles. The van der Waals surface area contributed by atoms with E-state index in [0.29, 0.717) is 48.1 Å². The standard InChI is InChI=1S/C39H36ClFN10O7/c40-27-18-23(5-4-22(27)19-42)50-13-10-24-29(20-50)45-21-46-35(24)48-31-8-6-26(34(41)47-31)36(53)44-12-15-58-17-16-57-14-11-43-28-3-1-2-25-33(28)39(56)51(38(25)55)30-7-9-32(52)49-37(30)54/h1-6,8,18,21,30,43H,7,9-17,20H2,(H,44,53)(H,49,52,54)(H,45,46,47,48). The van der Waals surface area contributed by atoms with E-state index >= 15 is 0 Å². The Balaban J connectivity index is 0.804. The number of nitrogens with zero attached hydrogens (tertiary/aromatic N) is 6. The van der Waals surface area contributed by atoms with Crippen LogP contribution in [0.15, 0.2) is 54.9 Å². The van der Waals surface area contributed by atoms with E-state index in [9.17, 15) is 33.6 Å². The highest BCUT2D eigenvalue weighted by atomic mass is 35.5. The van der Waals surface area contributed by atoms with Crippen molar-refractivity contribution in [1.29, 1.82) is 5.26 Å². The largest absolute Gasteiger partial charge is 0.382 e. The van der Waals surface area contributed by atoms with Crippen molar-refractivity contribution in [1.82, 2.24) is 30.5 Å². The van der Waals surface area contributed by atoms with Gasteiger partial charge < -0.3 is 30.3 Å². The number of anilines is 4. The van der Waals surface area contributed by atoms with Crippen LogP contribution in [0.3, 0.4) is 0 Å². The van der Waals surface area contributed by atoms with Crippen LogP contribution in [-0.2, 0) is 32.0 Å². The van der Waals surface area contributed by atoms with Gasteiger partial charge in [0.2, 0.25) is 17.8 Å². The van der Waals surface area contributed by atoms with Gasteiger partial charge in [-0.3, -0.25) is 34.2 Å². The molecule has 1 fully saturated rings. The fourth-order valence-electron chi connectivity index (χ4n) is 6.84. The molecule has 3 aliphatic rings. The quantitative estimate of drug-likeness (QED) is 0.0771. The van der Waals surface area contributed by atoms with Gasteiger partial charge in [0.25, 0.3) is 17.7 Å². The second kappa shape index (κ2) is 17.7. The van der Waals surface area contributed by atoms with Crippen LogP contribution in [0.4, 0.5) is 27.4 Å². The summed E-state index contributed by atoms with van der Waals surface area (Å²) in [6, 6.07) is 13.9. The molecule has 19 heteroatoms. The minimum Gasteiger partial charge on any atom is -0.382 e. The highest BCUT2D eigenvalue weighted by Gasteiger charge is 2.45. The molecule has 0 bridgehead atoms. The van der Waals surface area contributed by atoms with Gasteiger partial charge in [-0.05, 0) is 55.3 Å². The summed E-state index contributed by atoms with van der Waals surface area (Å²) < 4.78 is 26.1. The maximum Gasteiger partial charge on any atom is 0.264 e. The van der Waals surface area contributed by atoms with Crippen molar-refractivity contribution in [2.24, 2.45) is 0 Å². The number of aromatic nitrogens is 3. The van der Waals surface area contributed by atoms with Crippen molar-refractivity contribution in [3.05, 3.63) is 99.3 Å². The van der Waals surface area contributed by atoms with Crippen LogP contribution in [-0.4, -0.2) is 101 Å². The number of carbonyl (C=O) groups is 5. The number of amides is 5. The Morgan fingerprint density at radius 3 is 2.57 bits per heavy atom. The average molecular weight is 811 g/mol. The SMILES string of the molecule is N#Cc1ccc(N2CCc3c(ncnc3Nc3ccc(C(=O)NCCOCCOCCNc4cccc5c4C(=O)N(C4CCC(=O)NC4=O)C5=O)c(F)n3)C2)cc1Cl. The molecule has 0 radical (unpaired) electrons. The average Bonchev–Trinajstić information content (AvgIpc) is 3.47. The molecule has 7 rings (SSSR count). The fourth-order valence-corrected chi connectivity index (χ4v) is 7.06. The van der Waals surface area contributed by atoms with Crippen LogP contribution in [0.2, 0.25) is 5.02 Å². The van der Waals surface area contributed by atoms with Crippen molar-refractivity contribution in [2.45, 2.75) is 31.8 Å². The molecule has 2 aromatic heterocycles. The number of benzene rings is 2. The van der Waals surface area contributed by atoms with Crippen molar-refractivity contribution >= 4 is 64.1 Å². The third-order valence-electron chi connectivity index (χ3n) is 9.72. The Bertz CT molecular complexity index is 2340. The number of carbonyl (C=O) groups excluding carboxylic acids is 5. The van der Waals surface area contributed by atoms with E-state index in [2.05, 4.69) is 47.2 Å². The van der Waals surface area contributed by atoms with E-state index in [1.807, 2.05) is 6.07 Å². The fraction of sp³-hybridized carbons (Fsp3) is 0.308. The summed E-state index contributed by atoms with van der Waals surface area (Å²) >= 11 is 6.24. The lowest BCUT2D eigenvalue weighted by molar-refractivity contribution is -0.136. The topological polar surface area (TPSA) is 221 Å². The Hall–Kier alpha value is -6.55. The lowest BCUT2D eigenvalue weighted by Crippen LogP contribution is -2.54. The van der Waals surface area contributed by atoms with Crippen molar-refractivity contribution < 1.29 is 37.8 Å². The molecule has 17 nitrogen and oxygen atoms in total. The summed E-state index contributed by atoms with van der Waals surface area (Å²) in [5.74, 6) is -3.27. The smallest absolute Gasteiger partial charge is 0.264 e. The number of hydrogen-bond acceptors (Lipinski definition) is 14. The van der Waals surface area contributed by atoms with Crippen LogP contribution in [0.5, 0.6) is 0 Å². The number of hydrogen-bond donors (Lipinski definition) is 4. The number of nitriles is 1. The van der Waals surface area contributed by atoms with Gasteiger partial charge in [-0.2, -0.15) is 9.65 Å². The van der Waals surface area contributed by atoms with Gasteiger partial charge in [0.05, 0.1) is 65.9 Å². The van der Waals surface area contributed by atoms with Gasteiger partial charge in [-0.15, -0.1) is 0 Å². The van der Waals surface area contributed by atoms with Crippen LogP contribution in [0.1, 0.15) is 60.7 Å². The van der Waals surface area contributed by atoms with Crippen LogP contribution in [0, 0.1) is 17.3 Å². The molecular weight excluding hydrogens is 775 g/mol. The number of halogens is 2. The van der Waals surface area contributed by atoms with Gasteiger partial charge in [-0.1, -0.05) is 17.7 Å². The van der Waals surface area contributed by atoms with Crippen molar-refractivity contribution in [3.8, 4) is 6.07 Å². The van der Waals surface area contributed by atoms with Crippen molar-refractivity contribution in [3.63, 3.8) is 0 Å². The first-order valence-corrected chi connectivity index (χ1v) is 18.7. The molecule has 4 aromatic rings. The summed E-state index contributed by atoms with van der Waals surface area (Å²) in [4.78, 5) is 78.5. The zero-order valence-electron chi connectivity index (χ0n) is 30.8. The minimum absolute atomic E-state index is 0.0342.